The van der Waals surface area contributed by atoms with E-state index in [0.29, 0.717) is 38.7 Å². The van der Waals surface area contributed by atoms with Crippen LogP contribution in [0.5, 0.6) is 0 Å². The highest BCUT2D eigenvalue weighted by molar-refractivity contribution is 6.40. The second-order valence-electron chi connectivity index (χ2n) is 5.71. The number of amides is 2. The third-order valence-electron chi connectivity index (χ3n) is 4.21. The van der Waals surface area contributed by atoms with Crippen LogP contribution in [0.2, 0.25) is 0 Å². The molecule has 0 saturated carbocycles. The number of hydrogen-bond acceptors (Lipinski definition) is 5. The molecule has 2 aromatic rings. The monoisotopic (exact) mass is 339 g/mol. The maximum Gasteiger partial charge on any atom is 0.316 e. The molecule has 7 nitrogen and oxygen atoms in total. The van der Waals surface area contributed by atoms with Gasteiger partial charge in [-0.15, -0.1) is 0 Å². The molecule has 1 aliphatic rings. The van der Waals surface area contributed by atoms with E-state index >= 15 is 0 Å². The fourth-order valence-electron chi connectivity index (χ4n) is 2.87. The fraction of sp³-hybridized carbons (Fsp3) is 0.333. The quantitative estimate of drug-likeness (QED) is 0.786. The summed E-state index contributed by atoms with van der Waals surface area (Å²) in [6.07, 6.45) is 3.39. The van der Waals surface area contributed by atoms with Crippen LogP contribution in [-0.4, -0.2) is 59.4 Å². The number of nitrogens with zero attached hydrogens (tertiary/aromatic N) is 5. The van der Waals surface area contributed by atoms with E-state index in [2.05, 4.69) is 9.97 Å². The Hall–Kier alpha value is -2.96. The zero-order valence-corrected chi connectivity index (χ0v) is 14.2. The lowest BCUT2D eigenvalue weighted by molar-refractivity contribution is -0.144. The van der Waals surface area contributed by atoms with Crippen molar-refractivity contribution in [3.63, 3.8) is 0 Å². The molecule has 3 rings (SSSR count). The molecule has 0 N–H and O–H groups in total. The van der Waals surface area contributed by atoms with E-state index in [4.69, 9.17) is 0 Å². The molecule has 25 heavy (non-hydrogen) atoms. The van der Waals surface area contributed by atoms with Crippen molar-refractivity contribution in [1.29, 1.82) is 0 Å². The minimum absolute atomic E-state index is 0.451. The molecule has 1 fully saturated rings. The Bertz CT molecular complexity index is 715. The Morgan fingerprint density at radius 3 is 2.24 bits per heavy atom. The molecule has 1 aromatic heterocycles. The van der Waals surface area contributed by atoms with Gasteiger partial charge in [0.15, 0.2) is 0 Å². The Labute approximate surface area is 146 Å². The lowest BCUT2D eigenvalue weighted by Gasteiger charge is -2.35. The third-order valence-corrected chi connectivity index (χ3v) is 4.21. The number of aromatic nitrogens is 2. The summed E-state index contributed by atoms with van der Waals surface area (Å²) in [4.78, 5) is 38.8. The van der Waals surface area contributed by atoms with Gasteiger partial charge >= 0.3 is 11.8 Å². The Kier molecular flexibility index (Phi) is 5.23. The van der Waals surface area contributed by atoms with Crippen LogP contribution >= 0.6 is 0 Å². The van der Waals surface area contributed by atoms with Crippen molar-refractivity contribution in [2.45, 2.75) is 6.92 Å². The van der Waals surface area contributed by atoms with E-state index in [1.807, 2.05) is 42.2 Å². The number of hydrogen-bond donors (Lipinski definition) is 0. The second kappa shape index (κ2) is 7.74. The first-order valence-corrected chi connectivity index (χ1v) is 8.38. The molecule has 7 heteroatoms. The van der Waals surface area contributed by atoms with Crippen molar-refractivity contribution >= 4 is 23.5 Å². The van der Waals surface area contributed by atoms with Crippen LogP contribution in [-0.2, 0) is 9.59 Å². The highest BCUT2D eigenvalue weighted by Gasteiger charge is 2.30. The summed E-state index contributed by atoms with van der Waals surface area (Å²) in [5.74, 6) is -0.294. The average Bonchev–Trinajstić information content (AvgIpc) is 2.69. The topological polar surface area (TPSA) is 69.6 Å². The first kappa shape index (κ1) is 16.9. The van der Waals surface area contributed by atoms with Gasteiger partial charge in [-0.3, -0.25) is 9.59 Å². The van der Waals surface area contributed by atoms with Crippen LogP contribution in [0.15, 0.2) is 48.8 Å². The Balaban J connectivity index is 1.63. The molecule has 1 saturated heterocycles. The van der Waals surface area contributed by atoms with Crippen LogP contribution in [0.3, 0.4) is 0 Å². The highest BCUT2D eigenvalue weighted by atomic mass is 16.2. The first-order valence-electron chi connectivity index (χ1n) is 8.38. The minimum Gasteiger partial charge on any atom is -0.337 e. The minimum atomic E-state index is -0.488. The summed E-state index contributed by atoms with van der Waals surface area (Å²) in [5.41, 5.74) is 0.736. The van der Waals surface area contributed by atoms with Gasteiger partial charge < -0.3 is 14.7 Å². The Morgan fingerprint density at radius 1 is 1.00 bits per heavy atom. The number of carbonyl (C=O) groups is 2. The summed E-state index contributed by atoms with van der Waals surface area (Å²) in [6, 6.07) is 11.0. The lowest BCUT2D eigenvalue weighted by Crippen LogP contribution is -2.53. The highest BCUT2D eigenvalue weighted by Crippen LogP contribution is 2.15. The van der Waals surface area contributed by atoms with Crippen molar-refractivity contribution in [2.24, 2.45) is 0 Å². The summed E-state index contributed by atoms with van der Waals surface area (Å²) in [5, 5.41) is 0. The van der Waals surface area contributed by atoms with E-state index in [1.54, 1.807) is 23.4 Å². The van der Waals surface area contributed by atoms with Crippen LogP contribution in [0, 0.1) is 0 Å². The molecule has 1 aromatic carbocycles. The molecule has 0 radical (unpaired) electrons. The maximum absolute atomic E-state index is 12.6. The van der Waals surface area contributed by atoms with Crippen LogP contribution in [0.4, 0.5) is 11.6 Å². The predicted octanol–water partition coefficient (Wildman–Crippen LogP) is 1.18. The van der Waals surface area contributed by atoms with Gasteiger partial charge in [-0.1, -0.05) is 18.2 Å². The predicted molar refractivity (Wildman–Crippen MR) is 95.3 cm³/mol. The molecule has 0 spiro atoms. The average molecular weight is 339 g/mol. The van der Waals surface area contributed by atoms with Crippen LogP contribution in [0.1, 0.15) is 6.92 Å². The molecule has 0 unspecified atom stereocenters. The zero-order chi connectivity index (χ0) is 17.6. The number of benzene rings is 1. The second-order valence-corrected chi connectivity index (χ2v) is 5.71. The normalized spacial score (nSPS) is 14.3. The number of piperazine rings is 1. The van der Waals surface area contributed by atoms with Gasteiger partial charge in [0.25, 0.3) is 0 Å². The SMILES string of the molecule is CCN(C(=O)C(=O)N1CCN(c2ncccn2)CC1)c1ccccc1. The number of rotatable bonds is 3. The smallest absolute Gasteiger partial charge is 0.316 e. The van der Waals surface area contributed by atoms with Crippen molar-refractivity contribution in [1.82, 2.24) is 14.9 Å². The van der Waals surface area contributed by atoms with Gasteiger partial charge in [0.1, 0.15) is 0 Å². The van der Waals surface area contributed by atoms with Crippen molar-refractivity contribution in [3.05, 3.63) is 48.8 Å². The van der Waals surface area contributed by atoms with Crippen molar-refractivity contribution < 1.29 is 9.59 Å². The number of likely N-dealkylation sites (N-methyl/N-ethyl adjacent to an activating group) is 1. The number of para-hydroxylation sites is 1. The Morgan fingerprint density at radius 2 is 1.64 bits per heavy atom. The molecule has 2 amide bonds. The van der Waals surface area contributed by atoms with E-state index < -0.39 is 11.8 Å². The van der Waals surface area contributed by atoms with E-state index in [9.17, 15) is 9.59 Å². The molecular formula is C18H21N5O2. The van der Waals surface area contributed by atoms with E-state index in [1.165, 1.54) is 4.90 Å². The third kappa shape index (κ3) is 3.76. The summed E-state index contributed by atoms with van der Waals surface area (Å²) >= 11 is 0. The van der Waals surface area contributed by atoms with E-state index in [0.717, 1.165) is 5.69 Å². The standard InChI is InChI=1S/C18H21N5O2/c1-2-23(15-7-4-3-5-8-15)17(25)16(24)21-11-13-22(14-12-21)18-19-9-6-10-20-18/h3-10H,2,11-14H2,1H3. The number of anilines is 2. The molecule has 130 valence electrons. The van der Waals surface area contributed by atoms with Crippen molar-refractivity contribution in [3.8, 4) is 0 Å². The van der Waals surface area contributed by atoms with Gasteiger partial charge in [0.2, 0.25) is 5.95 Å². The van der Waals surface area contributed by atoms with Crippen molar-refractivity contribution in [2.75, 3.05) is 42.5 Å². The van der Waals surface area contributed by atoms with Gasteiger partial charge in [0, 0.05) is 50.8 Å². The number of carbonyl (C=O) groups excluding carboxylic acids is 2. The van der Waals surface area contributed by atoms with E-state index in [-0.39, 0.29) is 0 Å². The van der Waals surface area contributed by atoms with Gasteiger partial charge in [-0.05, 0) is 25.1 Å². The molecule has 0 bridgehead atoms. The molecular weight excluding hydrogens is 318 g/mol. The summed E-state index contributed by atoms with van der Waals surface area (Å²) < 4.78 is 0. The molecule has 0 aliphatic carbocycles. The molecule has 2 heterocycles. The van der Waals surface area contributed by atoms with Gasteiger partial charge in [-0.25, -0.2) is 9.97 Å². The maximum atomic E-state index is 12.6. The summed E-state index contributed by atoms with van der Waals surface area (Å²) in [6.45, 7) is 4.50. The summed E-state index contributed by atoms with van der Waals surface area (Å²) in [7, 11) is 0. The largest absolute Gasteiger partial charge is 0.337 e. The molecule has 1 aliphatic heterocycles. The first-order chi connectivity index (χ1) is 12.2. The fourth-order valence-corrected chi connectivity index (χ4v) is 2.87. The lowest BCUT2D eigenvalue weighted by atomic mass is 10.2. The zero-order valence-electron chi connectivity index (χ0n) is 14.2. The van der Waals surface area contributed by atoms with Crippen LogP contribution in [0.25, 0.3) is 0 Å². The van der Waals surface area contributed by atoms with Gasteiger partial charge in [-0.2, -0.15) is 0 Å². The van der Waals surface area contributed by atoms with Crippen LogP contribution < -0.4 is 9.80 Å². The van der Waals surface area contributed by atoms with Gasteiger partial charge in [0.05, 0.1) is 0 Å². The molecule has 0 atom stereocenters.